The van der Waals surface area contributed by atoms with Crippen LogP contribution in [0.25, 0.3) is 0 Å². The number of rotatable bonds is 3. The lowest BCUT2D eigenvalue weighted by molar-refractivity contribution is 0.0690. The van der Waals surface area contributed by atoms with Crippen molar-refractivity contribution in [1.29, 1.82) is 0 Å². The van der Waals surface area contributed by atoms with Gasteiger partial charge in [-0.25, -0.2) is 14.8 Å². The van der Waals surface area contributed by atoms with Crippen LogP contribution in [0.4, 0.5) is 0 Å². The molecule has 0 saturated carbocycles. The highest BCUT2D eigenvalue weighted by Crippen LogP contribution is 2.42. The van der Waals surface area contributed by atoms with Crippen molar-refractivity contribution in [3.63, 3.8) is 0 Å². The Hall–Kier alpha value is -0.460. The minimum Gasteiger partial charge on any atom is -0.476 e. The van der Waals surface area contributed by atoms with Gasteiger partial charge in [-0.15, -0.1) is 11.8 Å². The van der Waals surface area contributed by atoms with Crippen LogP contribution < -0.4 is 0 Å². The summed E-state index contributed by atoms with van der Waals surface area (Å²) < 4.78 is 0. The van der Waals surface area contributed by atoms with Gasteiger partial charge in [-0.05, 0) is 6.42 Å². The maximum absolute atomic E-state index is 11.0. The fourth-order valence-corrected chi connectivity index (χ4v) is 4.98. The molecule has 1 aliphatic rings. The summed E-state index contributed by atoms with van der Waals surface area (Å²) in [7, 11) is 0. The van der Waals surface area contributed by atoms with Crippen LogP contribution in [-0.2, 0) is 0 Å². The first kappa shape index (κ1) is 14.0. The number of thioether (sulfide) groups is 2. The van der Waals surface area contributed by atoms with Crippen LogP contribution in [0.2, 0.25) is 5.02 Å². The maximum Gasteiger partial charge on any atom is 0.356 e. The van der Waals surface area contributed by atoms with E-state index in [1.165, 1.54) is 6.20 Å². The van der Waals surface area contributed by atoms with E-state index >= 15 is 0 Å². The van der Waals surface area contributed by atoms with E-state index in [0.29, 0.717) is 11.1 Å². The van der Waals surface area contributed by atoms with Gasteiger partial charge in [0.25, 0.3) is 0 Å². The van der Waals surface area contributed by atoms with E-state index in [1.807, 2.05) is 11.8 Å². The molecule has 98 valence electrons. The molecule has 4 nitrogen and oxygen atoms in total. The molecule has 0 aromatic carbocycles. The predicted octanol–water partition coefficient (Wildman–Crippen LogP) is 3.13. The number of hydrogen-bond acceptors (Lipinski definition) is 5. The third-order valence-electron chi connectivity index (χ3n) is 2.67. The molecular formula is C11H13ClN2O2S2. The average Bonchev–Trinajstić information content (AvgIpc) is 2.39. The fourth-order valence-electron chi connectivity index (χ4n) is 1.81. The number of aromatic nitrogens is 2. The first-order valence-electron chi connectivity index (χ1n) is 5.62. The smallest absolute Gasteiger partial charge is 0.356 e. The first-order chi connectivity index (χ1) is 8.63. The van der Waals surface area contributed by atoms with E-state index in [-0.39, 0.29) is 16.0 Å². The summed E-state index contributed by atoms with van der Waals surface area (Å²) in [6.07, 6.45) is 2.41. The Morgan fingerprint density at radius 3 is 2.94 bits per heavy atom. The second-order valence-electron chi connectivity index (χ2n) is 3.84. The Bertz CT molecular complexity index is 459. The molecule has 0 aliphatic carbocycles. The Morgan fingerprint density at radius 1 is 1.56 bits per heavy atom. The summed E-state index contributed by atoms with van der Waals surface area (Å²) in [4.78, 5) is 19.3. The molecular weight excluding hydrogens is 292 g/mol. The molecule has 1 aromatic rings. The average molecular weight is 305 g/mol. The number of carboxylic acids is 1. The third-order valence-corrected chi connectivity index (χ3v) is 6.19. The van der Waals surface area contributed by atoms with E-state index in [4.69, 9.17) is 16.7 Å². The van der Waals surface area contributed by atoms with Gasteiger partial charge in [-0.3, -0.25) is 0 Å². The summed E-state index contributed by atoms with van der Waals surface area (Å²) in [5.41, 5.74) is -0.104. The van der Waals surface area contributed by atoms with E-state index in [9.17, 15) is 4.79 Å². The largest absolute Gasteiger partial charge is 0.476 e. The Balaban J connectivity index is 2.32. The molecule has 2 unspecified atom stereocenters. The monoisotopic (exact) mass is 304 g/mol. The van der Waals surface area contributed by atoms with Crippen molar-refractivity contribution in [3.05, 3.63) is 22.7 Å². The van der Waals surface area contributed by atoms with Gasteiger partial charge in [0.15, 0.2) is 5.69 Å². The van der Waals surface area contributed by atoms with Gasteiger partial charge in [-0.1, -0.05) is 18.5 Å². The quantitative estimate of drug-likeness (QED) is 0.925. The van der Waals surface area contributed by atoms with Crippen LogP contribution in [0.5, 0.6) is 0 Å². The molecule has 7 heteroatoms. The van der Waals surface area contributed by atoms with Crippen molar-refractivity contribution in [1.82, 2.24) is 9.97 Å². The van der Waals surface area contributed by atoms with Gasteiger partial charge in [0.2, 0.25) is 0 Å². The van der Waals surface area contributed by atoms with Gasteiger partial charge in [0.05, 0.1) is 16.5 Å². The SMILES string of the molecule is CCC1SCCSC1c1ncc(Cl)c(C(=O)O)n1. The zero-order valence-electron chi connectivity index (χ0n) is 9.80. The maximum atomic E-state index is 11.0. The van der Waals surface area contributed by atoms with Gasteiger partial charge < -0.3 is 5.11 Å². The first-order valence-corrected chi connectivity index (χ1v) is 8.10. The molecule has 18 heavy (non-hydrogen) atoms. The highest BCUT2D eigenvalue weighted by Gasteiger charge is 2.29. The van der Waals surface area contributed by atoms with Crippen LogP contribution in [0.15, 0.2) is 6.20 Å². The molecule has 1 N–H and O–H groups in total. The van der Waals surface area contributed by atoms with E-state index in [0.717, 1.165) is 17.9 Å². The topological polar surface area (TPSA) is 63.1 Å². The number of hydrogen-bond donors (Lipinski definition) is 1. The molecule has 2 heterocycles. The summed E-state index contributed by atoms with van der Waals surface area (Å²) in [6.45, 7) is 2.13. The zero-order valence-corrected chi connectivity index (χ0v) is 12.2. The molecule has 1 aromatic heterocycles. The van der Waals surface area contributed by atoms with Crippen molar-refractivity contribution in [2.24, 2.45) is 0 Å². The van der Waals surface area contributed by atoms with Crippen molar-refractivity contribution in [2.75, 3.05) is 11.5 Å². The standard InChI is InChI=1S/C11H13ClN2O2S2/c1-2-7-9(18-4-3-17-7)10-13-5-6(12)8(14-10)11(15)16/h5,7,9H,2-4H2,1H3,(H,15,16). The molecule has 1 saturated heterocycles. The lowest BCUT2D eigenvalue weighted by atomic mass is 10.2. The second-order valence-corrected chi connectivity index (χ2v) is 6.84. The van der Waals surface area contributed by atoms with Gasteiger partial charge in [0.1, 0.15) is 5.82 Å². The number of aromatic carboxylic acids is 1. The number of carbonyl (C=O) groups is 1. The van der Waals surface area contributed by atoms with Crippen LogP contribution >= 0.6 is 35.1 Å². The molecule has 1 aliphatic heterocycles. The molecule has 0 radical (unpaired) electrons. The van der Waals surface area contributed by atoms with Crippen molar-refractivity contribution < 1.29 is 9.90 Å². The summed E-state index contributed by atoms with van der Waals surface area (Å²) in [5, 5.41) is 9.71. The lowest BCUT2D eigenvalue weighted by Gasteiger charge is -2.28. The van der Waals surface area contributed by atoms with Crippen LogP contribution in [-0.4, -0.2) is 37.8 Å². The van der Waals surface area contributed by atoms with E-state index in [1.54, 1.807) is 11.8 Å². The minimum absolute atomic E-state index is 0.0905. The van der Waals surface area contributed by atoms with Crippen LogP contribution in [0, 0.1) is 0 Å². The predicted molar refractivity (Wildman–Crippen MR) is 75.7 cm³/mol. The normalized spacial score (nSPS) is 23.9. The van der Waals surface area contributed by atoms with Gasteiger partial charge >= 0.3 is 5.97 Å². The van der Waals surface area contributed by atoms with Crippen molar-refractivity contribution in [2.45, 2.75) is 23.8 Å². The fraction of sp³-hybridized carbons (Fsp3) is 0.545. The second kappa shape index (κ2) is 6.12. The summed E-state index contributed by atoms with van der Waals surface area (Å²) in [6, 6.07) is 0. The molecule has 0 bridgehead atoms. The van der Waals surface area contributed by atoms with Crippen molar-refractivity contribution in [3.8, 4) is 0 Å². The summed E-state index contributed by atoms with van der Waals surface area (Å²) in [5.74, 6) is 1.64. The molecule has 0 spiro atoms. The lowest BCUT2D eigenvalue weighted by Crippen LogP contribution is -2.21. The molecule has 2 rings (SSSR count). The van der Waals surface area contributed by atoms with Gasteiger partial charge in [-0.2, -0.15) is 11.8 Å². The highest BCUT2D eigenvalue weighted by atomic mass is 35.5. The molecule has 1 fully saturated rings. The van der Waals surface area contributed by atoms with Gasteiger partial charge in [0, 0.05) is 16.8 Å². The minimum atomic E-state index is -1.11. The number of nitrogens with zero attached hydrogens (tertiary/aromatic N) is 2. The van der Waals surface area contributed by atoms with Crippen LogP contribution in [0.3, 0.4) is 0 Å². The van der Waals surface area contributed by atoms with E-state index in [2.05, 4.69) is 16.9 Å². The Labute approximate surface area is 119 Å². The molecule has 2 atom stereocenters. The molecule has 0 amide bonds. The van der Waals surface area contributed by atoms with E-state index < -0.39 is 5.97 Å². The highest BCUT2D eigenvalue weighted by molar-refractivity contribution is 8.06. The Kier molecular flexibility index (Phi) is 4.75. The summed E-state index contributed by atoms with van der Waals surface area (Å²) >= 11 is 9.48. The third kappa shape index (κ3) is 2.92. The van der Waals surface area contributed by atoms with Crippen molar-refractivity contribution >= 4 is 41.1 Å². The Morgan fingerprint density at radius 2 is 2.28 bits per heavy atom. The zero-order chi connectivity index (χ0) is 13.1. The number of halogens is 1. The number of carboxylic acid groups (broad SMARTS) is 1. The van der Waals surface area contributed by atoms with Crippen LogP contribution in [0.1, 0.15) is 34.9 Å².